The molecule has 3 N–H and O–H groups in total. The second kappa shape index (κ2) is 7.87. The molecule has 1 aromatic heterocycles. The first-order valence-electron chi connectivity index (χ1n) is 9.96. The second-order valence-corrected chi connectivity index (χ2v) is 8.12. The molecule has 1 fully saturated rings. The Kier molecular flexibility index (Phi) is 5.26. The molecule has 1 aliphatic heterocycles. The number of hydrogen-bond donors (Lipinski definition) is 2. The van der Waals surface area contributed by atoms with Gasteiger partial charge in [-0.25, -0.2) is 9.97 Å². The molecule has 0 spiro atoms. The minimum atomic E-state index is -0.451. The van der Waals surface area contributed by atoms with Crippen LogP contribution < -0.4 is 16.0 Å². The number of Topliss-reactive ketones (excluding diaryl/α,β-unsaturated/α-hetero) is 1. The predicted octanol–water partition coefficient (Wildman–Crippen LogP) is 2.02. The zero-order chi connectivity index (χ0) is 21.3. The molecule has 1 aromatic carbocycles. The molecular weight excluding hydrogens is 382 g/mol. The molecule has 4 rings (SSSR count). The van der Waals surface area contributed by atoms with Crippen LogP contribution in [0.5, 0.6) is 0 Å². The molecule has 0 unspecified atom stereocenters. The maximum atomic E-state index is 13.0. The Morgan fingerprint density at radius 1 is 1.23 bits per heavy atom. The number of morpholine rings is 1. The van der Waals surface area contributed by atoms with Crippen LogP contribution in [0.25, 0.3) is 5.57 Å². The van der Waals surface area contributed by atoms with Crippen molar-refractivity contribution in [3.63, 3.8) is 0 Å². The quantitative estimate of drug-likeness (QED) is 0.746. The average molecular weight is 407 g/mol. The molecule has 0 bridgehead atoms. The van der Waals surface area contributed by atoms with Gasteiger partial charge in [-0.15, -0.1) is 0 Å². The number of amides is 1. The zero-order valence-electron chi connectivity index (χ0n) is 17.1. The fourth-order valence-electron chi connectivity index (χ4n) is 3.96. The van der Waals surface area contributed by atoms with Gasteiger partial charge in [-0.05, 0) is 30.2 Å². The van der Waals surface area contributed by atoms with Crippen molar-refractivity contribution < 1.29 is 14.3 Å². The molecule has 156 valence electrons. The van der Waals surface area contributed by atoms with Crippen LogP contribution in [0.2, 0.25) is 0 Å². The van der Waals surface area contributed by atoms with Crippen molar-refractivity contribution in [1.82, 2.24) is 9.97 Å². The number of nitrogens with two attached hydrogens (primary N) is 1. The Morgan fingerprint density at radius 3 is 2.60 bits per heavy atom. The third-order valence-corrected chi connectivity index (χ3v) is 5.53. The van der Waals surface area contributed by atoms with Crippen LogP contribution in [-0.4, -0.2) is 48.0 Å². The number of fused-ring (bicyclic) bond motifs is 1. The third kappa shape index (κ3) is 3.66. The van der Waals surface area contributed by atoms with Gasteiger partial charge in [0.1, 0.15) is 0 Å². The summed E-state index contributed by atoms with van der Waals surface area (Å²) in [4.78, 5) is 36.2. The number of rotatable bonds is 4. The highest BCUT2D eigenvalue weighted by Gasteiger charge is 2.38. The Morgan fingerprint density at radius 2 is 1.93 bits per heavy atom. The van der Waals surface area contributed by atoms with Gasteiger partial charge in [0.15, 0.2) is 11.6 Å². The summed E-state index contributed by atoms with van der Waals surface area (Å²) in [6.07, 6.45) is 4.95. The van der Waals surface area contributed by atoms with Crippen LogP contribution in [0.1, 0.15) is 35.6 Å². The van der Waals surface area contributed by atoms with Crippen LogP contribution in [0, 0.1) is 5.41 Å². The molecule has 8 nitrogen and oxygen atoms in total. The van der Waals surface area contributed by atoms with Crippen molar-refractivity contribution in [2.75, 3.05) is 36.5 Å². The maximum Gasteiger partial charge on any atom is 0.261 e. The van der Waals surface area contributed by atoms with Gasteiger partial charge in [-0.3, -0.25) is 9.59 Å². The highest BCUT2D eigenvalue weighted by Crippen LogP contribution is 2.41. The van der Waals surface area contributed by atoms with E-state index in [1.54, 1.807) is 18.5 Å². The first-order chi connectivity index (χ1) is 14.4. The van der Waals surface area contributed by atoms with E-state index in [2.05, 4.69) is 20.2 Å². The molecule has 2 aromatic rings. The zero-order valence-corrected chi connectivity index (χ0v) is 17.1. The first-order valence-corrected chi connectivity index (χ1v) is 9.96. The molecule has 0 saturated carbocycles. The lowest BCUT2D eigenvalue weighted by Gasteiger charge is -2.31. The second-order valence-electron chi connectivity index (χ2n) is 8.12. The molecule has 0 atom stereocenters. The van der Waals surface area contributed by atoms with Crippen LogP contribution in [0.15, 0.2) is 36.8 Å². The number of hydrogen-bond acceptors (Lipinski definition) is 7. The first kappa shape index (κ1) is 20.0. The largest absolute Gasteiger partial charge is 0.404 e. The van der Waals surface area contributed by atoms with Crippen LogP contribution in [0.4, 0.5) is 11.4 Å². The van der Waals surface area contributed by atoms with Crippen LogP contribution >= 0.6 is 0 Å². The molecule has 30 heavy (non-hydrogen) atoms. The van der Waals surface area contributed by atoms with E-state index >= 15 is 0 Å². The van der Waals surface area contributed by atoms with Gasteiger partial charge >= 0.3 is 0 Å². The Balaban J connectivity index is 1.71. The predicted molar refractivity (Wildman–Crippen MR) is 114 cm³/mol. The van der Waals surface area contributed by atoms with Crippen molar-refractivity contribution in [2.24, 2.45) is 11.1 Å². The number of anilines is 2. The van der Waals surface area contributed by atoms with Crippen LogP contribution in [-0.2, 0) is 16.0 Å². The van der Waals surface area contributed by atoms with E-state index in [0.29, 0.717) is 38.4 Å². The van der Waals surface area contributed by atoms with E-state index in [4.69, 9.17) is 10.5 Å². The molecule has 1 saturated heterocycles. The minimum absolute atomic E-state index is 0.130. The maximum absolute atomic E-state index is 13.0. The van der Waals surface area contributed by atoms with Gasteiger partial charge < -0.3 is 20.7 Å². The summed E-state index contributed by atoms with van der Waals surface area (Å²) in [5.41, 5.74) is 8.55. The Bertz CT molecular complexity index is 1010. The van der Waals surface area contributed by atoms with Gasteiger partial charge in [-0.2, -0.15) is 0 Å². The van der Waals surface area contributed by atoms with Gasteiger partial charge in [0.25, 0.3) is 5.91 Å². The lowest BCUT2D eigenvalue weighted by molar-refractivity contribution is -0.111. The lowest BCUT2D eigenvalue weighted by atomic mass is 9.89. The molecule has 1 aliphatic carbocycles. The SMILES string of the molecule is CC1(C)Cc2cc(NC(=O)C(=CN)c3ncccn3)c(N3CCOCC3)cc2C1=O. The van der Waals surface area contributed by atoms with Crippen LogP contribution in [0.3, 0.4) is 0 Å². The fourth-order valence-corrected chi connectivity index (χ4v) is 3.96. The number of carbonyl (C=O) groups is 2. The van der Waals surface area contributed by atoms with Crippen molar-refractivity contribution in [3.05, 3.63) is 53.7 Å². The third-order valence-electron chi connectivity index (χ3n) is 5.53. The normalized spacial score (nSPS) is 18.3. The fraction of sp³-hybridized carbons (Fsp3) is 0.364. The smallest absolute Gasteiger partial charge is 0.261 e. The standard InChI is InChI=1S/C22H25N5O3/c1-22(2)12-14-10-17(26-21(29)16(13-23)20-24-4-3-5-25-20)18(11-15(14)19(22)28)27-6-8-30-9-7-27/h3-5,10-11,13H,6-9,12,23H2,1-2H3,(H,26,29). The number of ether oxygens (including phenoxy) is 1. The minimum Gasteiger partial charge on any atom is -0.404 e. The topological polar surface area (TPSA) is 110 Å². The highest BCUT2D eigenvalue weighted by molar-refractivity contribution is 6.25. The summed E-state index contributed by atoms with van der Waals surface area (Å²) < 4.78 is 5.46. The van der Waals surface area contributed by atoms with Crippen molar-refractivity contribution in [3.8, 4) is 0 Å². The summed E-state index contributed by atoms with van der Waals surface area (Å²) >= 11 is 0. The molecule has 0 radical (unpaired) electrons. The van der Waals surface area contributed by atoms with Gasteiger partial charge in [-0.1, -0.05) is 13.8 Å². The van der Waals surface area contributed by atoms with E-state index in [9.17, 15) is 9.59 Å². The summed E-state index contributed by atoms with van der Waals surface area (Å²) in [7, 11) is 0. The Labute approximate surface area is 175 Å². The van der Waals surface area contributed by atoms with Gasteiger partial charge in [0.2, 0.25) is 0 Å². The van der Waals surface area contributed by atoms with Gasteiger partial charge in [0, 0.05) is 42.7 Å². The molecule has 2 heterocycles. The average Bonchev–Trinajstić information content (AvgIpc) is 2.97. The van der Waals surface area contributed by atoms with E-state index < -0.39 is 11.3 Å². The van der Waals surface area contributed by atoms with Crippen molar-refractivity contribution in [2.45, 2.75) is 20.3 Å². The van der Waals surface area contributed by atoms with E-state index in [1.807, 2.05) is 26.0 Å². The number of carbonyl (C=O) groups excluding carboxylic acids is 2. The monoisotopic (exact) mass is 407 g/mol. The summed E-state index contributed by atoms with van der Waals surface area (Å²) in [5, 5.41) is 2.97. The number of ketones is 1. The summed E-state index contributed by atoms with van der Waals surface area (Å²) in [6, 6.07) is 5.48. The lowest BCUT2D eigenvalue weighted by Crippen LogP contribution is -2.37. The molecular formula is C22H25N5O3. The summed E-state index contributed by atoms with van der Waals surface area (Å²) in [6.45, 7) is 6.45. The summed E-state index contributed by atoms with van der Waals surface area (Å²) in [5.74, 6) is -0.0187. The van der Waals surface area contributed by atoms with Gasteiger partial charge in [0.05, 0.1) is 30.2 Å². The molecule has 1 amide bonds. The number of nitrogens with zero attached hydrogens (tertiary/aromatic N) is 3. The molecule has 8 heteroatoms. The van der Waals surface area contributed by atoms with E-state index in [0.717, 1.165) is 16.8 Å². The van der Waals surface area contributed by atoms with Crippen molar-refractivity contribution in [1.29, 1.82) is 0 Å². The van der Waals surface area contributed by atoms with Crippen molar-refractivity contribution >= 4 is 28.6 Å². The number of nitrogens with one attached hydrogen (secondary N) is 1. The van der Waals surface area contributed by atoms with E-state index in [-0.39, 0.29) is 17.2 Å². The number of benzene rings is 1. The van der Waals surface area contributed by atoms with E-state index in [1.165, 1.54) is 6.20 Å². The Hall–Kier alpha value is -3.26. The molecule has 2 aliphatic rings. The highest BCUT2D eigenvalue weighted by atomic mass is 16.5. The number of aromatic nitrogens is 2.